The molecule has 2 aliphatic rings. The number of fused-ring (bicyclic) bond motifs is 2. The van der Waals surface area contributed by atoms with E-state index in [4.69, 9.17) is 29.0 Å². The Kier molecular flexibility index (Phi) is 6.00. The quantitative estimate of drug-likeness (QED) is 0.500. The van der Waals surface area contributed by atoms with E-state index in [1.54, 1.807) is 18.2 Å². The van der Waals surface area contributed by atoms with Crippen molar-refractivity contribution in [2.45, 2.75) is 56.0 Å². The molecule has 5 atom stereocenters. The van der Waals surface area contributed by atoms with Crippen LogP contribution >= 0.6 is 35.0 Å². The van der Waals surface area contributed by atoms with Crippen LogP contribution in [-0.4, -0.2) is 32.1 Å². The van der Waals surface area contributed by atoms with Gasteiger partial charge in [-0.15, -0.1) is 10.2 Å². The molecule has 0 aliphatic heterocycles. The van der Waals surface area contributed by atoms with Crippen molar-refractivity contribution in [1.29, 1.82) is 0 Å². The van der Waals surface area contributed by atoms with Gasteiger partial charge in [0.1, 0.15) is 0 Å². The number of nitrogens with two attached hydrogens (primary N) is 1. The number of hydrogen-bond donors (Lipinski definition) is 2. The van der Waals surface area contributed by atoms with Crippen LogP contribution in [0.1, 0.15) is 39.5 Å². The number of hydrogen-bond acceptors (Lipinski definition) is 5. The number of carbonyl (C=O) groups excluding carboxylic acids is 1. The molecule has 1 heterocycles. The van der Waals surface area contributed by atoms with Gasteiger partial charge in [-0.3, -0.25) is 4.79 Å². The normalized spacial score (nSPS) is 25.2. The largest absolute Gasteiger partial charge is 0.352 e. The summed E-state index contributed by atoms with van der Waals surface area (Å²) < 4.78 is 1.36. The second-order valence-electron chi connectivity index (χ2n) is 8.20. The summed E-state index contributed by atoms with van der Waals surface area (Å²) in [5, 5.41) is 12.6. The number of halogens is 2. The zero-order chi connectivity index (χ0) is 20.7. The number of nitrogen functional groups attached to an aromatic ring is 1. The molecular formula is C20H25Cl2N5OS. The highest BCUT2D eigenvalue weighted by Gasteiger charge is 2.42. The number of aromatic nitrogens is 3. The lowest BCUT2D eigenvalue weighted by Crippen LogP contribution is -2.43. The molecule has 0 saturated heterocycles. The first kappa shape index (κ1) is 20.8. The lowest BCUT2D eigenvalue weighted by molar-refractivity contribution is -0.121. The Labute approximate surface area is 184 Å². The van der Waals surface area contributed by atoms with Gasteiger partial charge >= 0.3 is 0 Å². The van der Waals surface area contributed by atoms with Gasteiger partial charge in [0.15, 0.2) is 5.82 Å². The zero-order valence-corrected chi connectivity index (χ0v) is 18.8. The smallest absolute Gasteiger partial charge is 0.233 e. The van der Waals surface area contributed by atoms with E-state index in [0.29, 0.717) is 32.5 Å². The summed E-state index contributed by atoms with van der Waals surface area (Å²) in [4.78, 5) is 12.7. The van der Waals surface area contributed by atoms with Crippen LogP contribution in [0.25, 0.3) is 11.4 Å². The lowest BCUT2D eigenvalue weighted by atomic mass is 9.84. The summed E-state index contributed by atoms with van der Waals surface area (Å²) in [7, 11) is 0. The minimum Gasteiger partial charge on any atom is -0.352 e. The number of carbonyl (C=O) groups is 1. The van der Waals surface area contributed by atoms with Crippen LogP contribution in [0.2, 0.25) is 10.0 Å². The third-order valence-electron chi connectivity index (χ3n) is 6.29. The SMILES string of the molecule is CC(Sc1nnc(-c2ccc(Cl)cc2Cl)n1N)C(=O)NC(C)C1CC2CCC1C2. The zero-order valence-electron chi connectivity index (χ0n) is 16.4. The number of rotatable bonds is 6. The van der Waals surface area contributed by atoms with E-state index in [0.717, 1.165) is 11.8 Å². The third kappa shape index (κ3) is 4.23. The van der Waals surface area contributed by atoms with Gasteiger partial charge in [-0.05, 0) is 69.1 Å². The molecule has 2 aromatic rings. The Morgan fingerprint density at radius 2 is 2.07 bits per heavy atom. The van der Waals surface area contributed by atoms with Gasteiger partial charge in [-0.25, -0.2) is 4.68 Å². The molecule has 2 fully saturated rings. The Balaban J connectivity index is 1.40. The average Bonchev–Trinajstić information content (AvgIpc) is 3.39. The first-order chi connectivity index (χ1) is 13.8. The summed E-state index contributed by atoms with van der Waals surface area (Å²) >= 11 is 13.5. The monoisotopic (exact) mass is 453 g/mol. The van der Waals surface area contributed by atoms with Crippen molar-refractivity contribution in [1.82, 2.24) is 20.2 Å². The Morgan fingerprint density at radius 1 is 1.28 bits per heavy atom. The molecule has 3 N–H and O–H groups in total. The number of nitrogens with one attached hydrogen (secondary N) is 1. The molecule has 29 heavy (non-hydrogen) atoms. The number of amides is 1. The van der Waals surface area contributed by atoms with E-state index < -0.39 is 0 Å². The molecule has 1 aromatic heterocycles. The minimum atomic E-state index is -0.337. The summed E-state index contributed by atoms with van der Waals surface area (Å²) in [5.74, 6) is 8.85. The molecule has 9 heteroatoms. The van der Waals surface area contributed by atoms with Gasteiger partial charge < -0.3 is 11.2 Å². The predicted molar refractivity (Wildman–Crippen MR) is 117 cm³/mol. The molecule has 1 aromatic carbocycles. The molecule has 156 valence electrons. The Bertz CT molecular complexity index is 920. The summed E-state index contributed by atoms with van der Waals surface area (Å²) in [6.45, 7) is 3.99. The highest BCUT2D eigenvalue weighted by atomic mass is 35.5. The fraction of sp³-hybridized carbons (Fsp3) is 0.550. The fourth-order valence-corrected chi connectivity index (χ4v) is 6.05. The Morgan fingerprint density at radius 3 is 2.72 bits per heavy atom. The van der Waals surface area contributed by atoms with E-state index in [1.807, 2.05) is 6.92 Å². The molecule has 1 amide bonds. The van der Waals surface area contributed by atoms with Crippen LogP contribution in [0.5, 0.6) is 0 Å². The van der Waals surface area contributed by atoms with Gasteiger partial charge in [-0.1, -0.05) is 41.4 Å². The maximum Gasteiger partial charge on any atom is 0.233 e. The summed E-state index contributed by atoms with van der Waals surface area (Å²) in [6, 6.07) is 5.30. The van der Waals surface area contributed by atoms with Crippen LogP contribution in [0.3, 0.4) is 0 Å². The number of benzene rings is 1. The summed E-state index contributed by atoms with van der Waals surface area (Å²) in [5.41, 5.74) is 0.639. The van der Waals surface area contributed by atoms with E-state index in [-0.39, 0.29) is 17.2 Å². The average molecular weight is 454 g/mol. The van der Waals surface area contributed by atoms with Gasteiger partial charge in [0.2, 0.25) is 11.1 Å². The van der Waals surface area contributed by atoms with Gasteiger partial charge in [0.25, 0.3) is 0 Å². The first-order valence-electron chi connectivity index (χ1n) is 9.96. The van der Waals surface area contributed by atoms with Crippen LogP contribution in [0, 0.1) is 17.8 Å². The molecule has 4 rings (SSSR count). The first-order valence-corrected chi connectivity index (χ1v) is 11.6. The van der Waals surface area contributed by atoms with Gasteiger partial charge in [0, 0.05) is 16.6 Å². The van der Waals surface area contributed by atoms with Crippen LogP contribution in [0.4, 0.5) is 0 Å². The molecule has 0 radical (unpaired) electrons. The van der Waals surface area contributed by atoms with Crippen molar-refractivity contribution < 1.29 is 4.79 Å². The highest BCUT2D eigenvalue weighted by Crippen LogP contribution is 2.49. The number of thioether (sulfide) groups is 1. The van der Waals surface area contributed by atoms with Crippen LogP contribution < -0.4 is 11.2 Å². The van der Waals surface area contributed by atoms with E-state index in [2.05, 4.69) is 22.4 Å². The van der Waals surface area contributed by atoms with Gasteiger partial charge in [0.05, 0.1) is 10.3 Å². The second kappa shape index (κ2) is 8.36. The van der Waals surface area contributed by atoms with E-state index >= 15 is 0 Å². The van der Waals surface area contributed by atoms with Crippen molar-refractivity contribution >= 4 is 40.9 Å². The van der Waals surface area contributed by atoms with Crippen molar-refractivity contribution in [3.8, 4) is 11.4 Å². The maximum atomic E-state index is 12.7. The van der Waals surface area contributed by atoms with E-state index in [1.165, 1.54) is 42.1 Å². The van der Waals surface area contributed by atoms with Crippen LogP contribution in [0.15, 0.2) is 23.4 Å². The Hall–Kier alpha value is -1.44. The van der Waals surface area contributed by atoms with E-state index in [9.17, 15) is 4.79 Å². The maximum absolute atomic E-state index is 12.7. The fourth-order valence-electron chi connectivity index (χ4n) is 4.78. The predicted octanol–water partition coefficient (Wildman–Crippen LogP) is 4.39. The molecule has 2 saturated carbocycles. The molecule has 6 nitrogen and oxygen atoms in total. The van der Waals surface area contributed by atoms with Crippen molar-refractivity contribution in [3.05, 3.63) is 28.2 Å². The van der Waals surface area contributed by atoms with Crippen molar-refractivity contribution in [2.24, 2.45) is 17.8 Å². The standard InChI is InChI=1S/C20H25Cl2N5OS/c1-10(16-8-12-3-4-13(16)7-12)24-19(28)11(2)29-20-26-25-18(27(20)23)15-6-5-14(21)9-17(15)22/h5-6,9-13,16H,3-4,7-8,23H2,1-2H3,(H,24,28). The molecule has 5 unspecified atom stereocenters. The van der Waals surface area contributed by atoms with Crippen molar-refractivity contribution in [3.63, 3.8) is 0 Å². The number of nitrogens with zero attached hydrogens (tertiary/aromatic N) is 3. The highest BCUT2D eigenvalue weighted by molar-refractivity contribution is 8.00. The third-order valence-corrected chi connectivity index (χ3v) is 7.90. The molecular weight excluding hydrogens is 429 g/mol. The van der Waals surface area contributed by atoms with Crippen molar-refractivity contribution in [2.75, 3.05) is 5.84 Å². The van der Waals surface area contributed by atoms with Gasteiger partial charge in [-0.2, -0.15) is 0 Å². The molecule has 0 spiro atoms. The lowest BCUT2D eigenvalue weighted by Gasteiger charge is -2.29. The molecule has 2 aliphatic carbocycles. The van der Waals surface area contributed by atoms with Crippen LogP contribution in [-0.2, 0) is 4.79 Å². The second-order valence-corrected chi connectivity index (χ2v) is 10.3. The minimum absolute atomic E-state index is 0.000603. The molecule has 2 bridgehead atoms. The summed E-state index contributed by atoms with van der Waals surface area (Å²) in [6.07, 6.45) is 5.25. The topological polar surface area (TPSA) is 85.8 Å².